The molecule has 0 aliphatic heterocycles. The third-order valence-corrected chi connectivity index (χ3v) is 9.58. The average Bonchev–Trinajstić information content (AvgIpc) is 3.78. The molecule has 0 atom stereocenters. The van der Waals surface area contributed by atoms with Crippen LogP contribution in [0.3, 0.4) is 0 Å². The van der Waals surface area contributed by atoms with E-state index in [9.17, 15) is 17.6 Å². The quantitative estimate of drug-likeness (QED) is 0.115. The van der Waals surface area contributed by atoms with Crippen LogP contribution in [0.1, 0.15) is 23.8 Å². The van der Waals surface area contributed by atoms with Crippen molar-refractivity contribution in [2.24, 2.45) is 0 Å². The lowest BCUT2D eigenvalue weighted by atomic mass is 10.0. The number of fused-ring (bicyclic) bond motifs is 1. The highest BCUT2D eigenvalue weighted by molar-refractivity contribution is 7.19. The fourth-order valence-corrected chi connectivity index (χ4v) is 7.29. The Labute approximate surface area is 256 Å². The van der Waals surface area contributed by atoms with Crippen LogP contribution in [-0.4, -0.2) is 8.75 Å². The van der Waals surface area contributed by atoms with Gasteiger partial charge in [-0.25, -0.2) is 13.2 Å². The number of thiophene rings is 2. The van der Waals surface area contributed by atoms with Gasteiger partial charge in [0.1, 0.15) is 22.7 Å². The predicted molar refractivity (Wildman–Crippen MR) is 172 cm³/mol. The number of hydrogen-bond acceptors (Lipinski definition) is 7. The highest BCUT2D eigenvalue weighted by Crippen LogP contribution is 2.48. The van der Waals surface area contributed by atoms with Gasteiger partial charge in [0.2, 0.25) is 5.83 Å². The lowest BCUT2D eigenvalue weighted by molar-refractivity contribution is 0.545. The minimum absolute atomic E-state index is 0.171. The maximum atomic E-state index is 14.0. The standard InChI is InChI=1S/C32H20F4N4S3/c1-16(33)28(36)19-10-8-18(9-11-19)23-13-15-25(42-23)27-30(38)29(37)26(31-32(27)40-43-39-31)24-14-12-22(41-24)17-4-2-6-20(34)21(35)7-3-5-17/h2,4-5,8-15H,6,37-38H2,1H3/b4-2-,17-5+,21-20-,28-16-. The summed E-state index contributed by atoms with van der Waals surface area (Å²) in [4.78, 5) is 3.36. The van der Waals surface area contributed by atoms with Gasteiger partial charge in [-0.1, -0.05) is 42.3 Å². The summed E-state index contributed by atoms with van der Waals surface area (Å²) in [5.41, 5.74) is 18.3. The van der Waals surface area contributed by atoms with E-state index in [1.807, 2.05) is 24.3 Å². The summed E-state index contributed by atoms with van der Waals surface area (Å²) in [5, 5.41) is 0. The number of nitrogens with two attached hydrogens (primary N) is 2. The number of nitrogens with zero attached hydrogens (tertiary/aromatic N) is 2. The van der Waals surface area contributed by atoms with Gasteiger partial charge in [0, 0.05) is 42.6 Å². The molecule has 0 saturated heterocycles. The molecule has 6 rings (SSSR count). The number of rotatable bonds is 5. The molecule has 3 aromatic heterocycles. The van der Waals surface area contributed by atoms with Gasteiger partial charge in [0.25, 0.3) is 0 Å². The third kappa shape index (κ3) is 5.41. The van der Waals surface area contributed by atoms with E-state index in [4.69, 9.17) is 11.5 Å². The molecular formula is C32H20F4N4S3. The normalized spacial score (nSPS) is 17.7. The monoisotopic (exact) mass is 632 g/mol. The highest BCUT2D eigenvalue weighted by atomic mass is 32.1. The van der Waals surface area contributed by atoms with E-state index in [0.29, 0.717) is 39.1 Å². The minimum atomic E-state index is -1.07. The van der Waals surface area contributed by atoms with Gasteiger partial charge < -0.3 is 11.5 Å². The molecule has 1 aliphatic carbocycles. The predicted octanol–water partition coefficient (Wildman–Crippen LogP) is 10.1. The van der Waals surface area contributed by atoms with Crippen molar-refractivity contribution >= 4 is 68.2 Å². The van der Waals surface area contributed by atoms with Crippen LogP contribution in [0.5, 0.6) is 0 Å². The number of aromatic nitrogens is 2. The van der Waals surface area contributed by atoms with Crippen LogP contribution in [0, 0.1) is 11.8 Å². The summed E-state index contributed by atoms with van der Waals surface area (Å²) in [5.74, 6) is 1.04. The van der Waals surface area contributed by atoms with Crippen molar-refractivity contribution < 1.29 is 17.6 Å². The number of anilines is 2. The van der Waals surface area contributed by atoms with Crippen LogP contribution in [0.25, 0.3) is 53.8 Å². The van der Waals surface area contributed by atoms with Gasteiger partial charge in [0.05, 0.1) is 23.1 Å². The van der Waals surface area contributed by atoms with Gasteiger partial charge in [-0.2, -0.15) is 13.1 Å². The molecule has 214 valence electrons. The Hall–Kier alpha value is -4.50. The van der Waals surface area contributed by atoms with Gasteiger partial charge in [-0.05, 0) is 54.3 Å². The van der Waals surface area contributed by atoms with E-state index in [-0.39, 0.29) is 12.0 Å². The van der Waals surface area contributed by atoms with Crippen LogP contribution >= 0.6 is 34.4 Å². The first-order valence-corrected chi connectivity index (χ1v) is 15.2. The number of benzene rings is 2. The number of halogens is 4. The van der Waals surface area contributed by atoms with E-state index >= 15 is 0 Å². The SMILES string of the molecule is C/C(F)=C(/F)c1ccc(-c2ccc(-c3c(N)c(N)c(-c4ccc(C5=C/C#C/C(F)=C(/F)C/C=C\5)s4)c4nsnc34)s2)cc1. The number of nitrogen functional groups attached to an aromatic ring is 2. The molecular weight excluding hydrogens is 613 g/mol. The first kappa shape index (κ1) is 28.6. The summed E-state index contributed by atoms with van der Waals surface area (Å²) < 4.78 is 63.8. The van der Waals surface area contributed by atoms with E-state index in [0.717, 1.165) is 43.7 Å². The third-order valence-electron chi connectivity index (χ3n) is 6.75. The second kappa shape index (κ2) is 11.6. The maximum Gasteiger partial charge on any atom is 0.205 e. The molecule has 3 heterocycles. The van der Waals surface area contributed by atoms with Crippen molar-refractivity contribution in [2.75, 3.05) is 11.5 Å². The summed E-state index contributed by atoms with van der Waals surface area (Å²) in [6, 6.07) is 14.2. The summed E-state index contributed by atoms with van der Waals surface area (Å²) in [6.45, 7) is 1.08. The molecule has 0 bridgehead atoms. The molecule has 4 N–H and O–H groups in total. The smallest absolute Gasteiger partial charge is 0.205 e. The Bertz CT molecular complexity index is 2080. The number of hydrogen-bond donors (Lipinski definition) is 2. The van der Waals surface area contributed by atoms with Crippen molar-refractivity contribution in [1.82, 2.24) is 8.75 Å². The van der Waals surface area contributed by atoms with E-state index in [2.05, 4.69) is 20.6 Å². The van der Waals surface area contributed by atoms with Crippen molar-refractivity contribution in [3.05, 3.63) is 94.7 Å². The number of allylic oxidation sites excluding steroid dienone is 7. The fourth-order valence-electron chi connectivity index (χ4n) is 4.60. The van der Waals surface area contributed by atoms with Gasteiger partial charge in [0.15, 0.2) is 5.83 Å². The second-order valence-corrected chi connectivity index (χ2v) is 12.2. The molecule has 0 saturated carbocycles. The van der Waals surface area contributed by atoms with Crippen LogP contribution in [0.15, 0.2) is 84.2 Å². The van der Waals surface area contributed by atoms with Crippen molar-refractivity contribution in [3.63, 3.8) is 0 Å². The maximum absolute atomic E-state index is 14.0. The average molecular weight is 633 g/mol. The van der Waals surface area contributed by atoms with Crippen LogP contribution in [-0.2, 0) is 0 Å². The van der Waals surface area contributed by atoms with Crippen LogP contribution < -0.4 is 11.5 Å². The molecule has 0 unspecified atom stereocenters. The van der Waals surface area contributed by atoms with Gasteiger partial charge in [-0.15, -0.1) is 22.7 Å². The van der Waals surface area contributed by atoms with E-state index < -0.39 is 23.3 Å². The molecule has 5 aromatic rings. The summed E-state index contributed by atoms with van der Waals surface area (Å²) in [7, 11) is 0. The highest BCUT2D eigenvalue weighted by Gasteiger charge is 2.24. The topological polar surface area (TPSA) is 77.8 Å². The Morgan fingerprint density at radius 2 is 1.40 bits per heavy atom. The first-order chi connectivity index (χ1) is 20.7. The Kier molecular flexibility index (Phi) is 7.75. The van der Waals surface area contributed by atoms with Crippen molar-refractivity contribution in [3.8, 4) is 43.2 Å². The van der Waals surface area contributed by atoms with Gasteiger partial charge >= 0.3 is 0 Å². The molecule has 0 radical (unpaired) electrons. The van der Waals surface area contributed by atoms with E-state index in [1.54, 1.807) is 30.4 Å². The lowest BCUT2D eigenvalue weighted by Crippen LogP contribution is -2.00. The Morgan fingerprint density at radius 1 is 0.814 bits per heavy atom. The molecule has 0 amide bonds. The zero-order valence-corrected chi connectivity index (χ0v) is 24.8. The van der Waals surface area contributed by atoms with Crippen LogP contribution in [0.2, 0.25) is 0 Å². The molecule has 43 heavy (non-hydrogen) atoms. The Balaban J connectivity index is 1.38. The lowest BCUT2D eigenvalue weighted by Gasteiger charge is -2.12. The van der Waals surface area contributed by atoms with Crippen LogP contribution in [0.4, 0.5) is 28.9 Å². The van der Waals surface area contributed by atoms with E-state index in [1.165, 1.54) is 34.8 Å². The zero-order chi connectivity index (χ0) is 30.2. The van der Waals surface area contributed by atoms with Crippen molar-refractivity contribution in [1.29, 1.82) is 0 Å². The summed E-state index contributed by atoms with van der Waals surface area (Å²) >= 11 is 3.95. The fraction of sp³-hybridized carbons (Fsp3) is 0.0625. The molecule has 1 aliphatic rings. The summed E-state index contributed by atoms with van der Waals surface area (Å²) in [6.07, 6.45) is 4.61. The second-order valence-electron chi connectivity index (χ2n) is 9.49. The molecule has 11 heteroatoms. The largest absolute Gasteiger partial charge is 0.396 e. The minimum Gasteiger partial charge on any atom is -0.396 e. The Morgan fingerprint density at radius 3 is 2.02 bits per heavy atom. The molecule has 4 nitrogen and oxygen atoms in total. The van der Waals surface area contributed by atoms with Crippen molar-refractivity contribution in [2.45, 2.75) is 13.3 Å². The molecule has 2 aromatic carbocycles. The zero-order valence-electron chi connectivity index (χ0n) is 22.3. The van der Waals surface area contributed by atoms with Gasteiger partial charge in [-0.3, -0.25) is 0 Å². The molecule has 0 fully saturated rings. The molecule has 0 spiro atoms. The first-order valence-electron chi connectivity index (χ1n) is 12.8.